The molecule has 0 fully saturated rings. The van der Waals surface area contributed by atoms with Crippen LogP contribution in [0.15, 0.2) is 35.7 Å². The van der Waals surface area contributed by atoms with Crippen LogP contribution in [0, 0.1) is 5.41 Å². The Bertz CT molecular complexity index is 1090. The molecule has 2 aromatic heterocycles. The molecule has 1 aromatic carbocycles. The first kappa shape index (κ1) is 17.0. The van der Waals surface area contributed by atoms with E-state index in [1.165, 1.54) is 0 Å². The van der Waals surface area contributed by atoms with Crippen molar-refractivity contribution in [2.24, 2.45) is 10.4 Å². The molecule has 28 heavy (non-hydrogen) atoms. The van der Waals surface area contributed by atoms with Gasteiger partial charge in [0.2, 0.25) is 0 Å². The molecule has 8 heteroatoms. The standard InChI is InChI=1S/C20H22N6O2/c1-20(2,3)19-23-18(25-28-19)17-15-7-11-9-22-24-16(11)13-8-12(27-4)5-6-14(13)26(15)10-21-17/h5-6,8-10,19H,7H2,1-4H3,(H,22,24)(H,23,25). The molecule has 4 heterocycles. The van der Waals surface area contributed by atoms with Gasteiger partial charge in [-0.25, -0.2) is 20.3 Å². The molecule has 1 atom stereocenters. The van der Waals surface area contributed by atoms with E-state index in [0.29, 0.717) is 12.3 Å². The number of imidazole rings is 1. The van der Waals surface area contributed by atoms with Gasteiger partial charge in [0.1, 0.15) is 17.8 Å². The van der Waals surface area contributed by atoms with E-state index in [1.807, 2.05) is 30.7 Å². The molecular formula is C20H22N6O2. The quantitative estimate of drug-likeness (QED) is 0.560. The van der Waals surface area contributed by atoms with E-state index < -0.39 is 0 Å². The number of aliphatic imine (C=N–C) groups is 1. The molecule has 0 aliphatic carbocycles. The Labute approximate surface area is 162 Å². The maximum atomic E-state index is 5.69. The monoisotopic (exact) mass is 378 g/mol. The van der Waals surface area contributed by atoms with Gasteiger partial charge in [-0.2, -0.15) is 5.10 Å². The van der Waals surface area contributed by atoms with Crippen molar-refractivity contribution in [2.45, 2.75) is 33.4 Å². The lowest BCUT2D eigenvalue weighted by molar-refractivity contribution is -0.0259. The molecule has 2 aliphatic heterocycles. The van der Waals surface area contributed by atoms with Crippen molar-refractivity contribution in [3.05, 3.63) is 47.7 Å². The largest absolute Gasteiger partial charge is 0.497 e. The number of nitrogens with zero attached hydrogens (tertiary/aromatic N) is 4. The highest BCUT2D eigenvalue weighted by molar-refractivity contribution is 5.98. The molecule has 0 spiro atoms. The molecule has 2 N–H and O–H groups in total. The van der Waals surface area contributed by atoms with Gasteiger partial charge in [-0.1, -0.05) is 20.8 Å². The molecule has 0 saturated heterocycles. The Morgan fingerprint density at radius 1 is 1.29 bits per heavy atom. The Hall–Kier alpha value is -3.13. The maximum Gasteiger partial charge on any atom is 0.182 e. The lowest BCUT2D eigenvalue weighted by Gasteiger charge is -2.21. The summed E-state index contributed by atoms with van der Waals surface area (Å²) in [6, 6.07) is 6.01. The lowest BCUT2D eigenvalue weighted by Crippen LogP contribution is -2.27. The van der Waals surface area contributed by atoms with E-state index in [9.17, 15) is 0 Å². The molecule has 144 valence electrons. The zero-order chi connectivity index (χ0) is 19.5. The van der Waals surface area contributed by atoms with E-state index >= 15 is 0 Å². The second kappa shape index (κ2) is 5.93. The van der Waals surface area contributed by atoms with Crippen LogP contribution in [0.3, 0.4) is 0 Å². The van der Waals surface area contributed by atoms with Crippen LogP contribution in [-0.4, -0.2) is 38.9 Å². The summed E-state index contributed by atoms with van der Waals surface area (Å²) in [6.45, 7) is 6.29. The predicted molar refractivity (Wildman–Crippen MR) is 105 cm³/mol. The number of nitrogens with one attached hydrogen (secondary N) is 2. The number of methoxy groups -OCH3 is 1. The van der Waals surface area contributed by atoms with Crippen LogP contribution in [-0.2, 0) is 11.3 Å². The number of aromatic nitrogens is 4. The Kier molecular flexibility index (Phi) is 3.60. The minimum Gasteiger partial charge on any atom is -0.497 e. The Balaban J connectivity index is 1.67. The fourth-order valence-electron chi connectivity index (χ4n) is 3.62. The average molecular weight is 378 g/mol. The third-order valence-electron chi connectivity index (χ3n) is 5.15. The molecule has 2 aliphatic rings. The van der Waals surface area contributed by atoms with Crippen molar-refractivity contribution in [2.75, 3.05) is 7.11 Å². The maximum absolute atomic E-state index is 5.69. The molecule has 8 nitrogen and oxygen atoms in total. The van der Waals surface area contributed by atoms with Crippen LogP contribution in [0.2, 0.25) is 0 Å². The van der Waals surface area contributed by atoms with E-state index in [4.69, 9.17) is 14.6 Å². The summed E-state index contributed by atoms with van der Waals surface area (Å²) in [5, 5.41) is 7.40. The van der Waals surface area contributed by atoms with Gasteiger partial charge in [0.25, 0.3) is 0 Å². The van der Waals surface area contributed by atoms with Crippen LogP contribution in [0.25, 0.3) is 16.9 Å². The van der Waals surface area contributed by atoms with Crippen molar-refractivity contribution in [1.29, 1.82) is 0 Å². The molecular weight excluding hydrogens is 356 g/mol. The number of amidine groups is 1. The van der Waals surface area contributed by atoms with Crippen LogP contribution < -0.4 is 10.2 Å². The summed E-state index contributed by atoms with van der Waals surface area (Å²) >= 11 is 0. The minimum absolute atomic E-state index is 0.105. The van der Waals surface area contributed by atoms with E-state index in [2.05, 4.69) is 46.0 Å². The molecule has 5 rings (SSSR count). The fraction of sp³-hybridized carbons (Fsp3) is 0.350. The zero-order valence-electron chi connectivity index (χ0n) is 16.3. The predicted octanol–water partition coefficient (Wildman–Crippen LogP) is 2.83. The van der Waals surface area contributed by atoms with Crippen molar-refractivity contribution in [3.63, 3.8) is 0 Å². The summed E-state index contributed by atoms with van der Waals surface area (Å²) in [5.74, 6) is 1.46. The van der Waals surface area contributed by atoms with Gasteiger partial charge < -0.3 is 9.30 Å². The Morgan fingerprint density at radius 2 is 2.14 bits per heavy atom. The molecule has 0 radical (unpaired) electrons. The SMILES string of the molecule is COc1ccc2c(c1)-c1[nH]ncc1Cc1c(C3=NC(C(C)(C)C)ON3)ncn1-2. The number of fused-ring (bicyclic) bond motifs is 5. The van der Waals surface area contributed by atoms with Gasteiger partial charge in [0.15, 0.2) is 12.1 Å². The summed E-state index contributed by atoms with van der Waals surface area (Å²) < 4.78 is 7.53. The van der Waals surface area contributed by atoms with Crippen molar-refractivity contribution >= 4 is 5.84 Å². The second-order valence-corrected chi connectivity index (χ2v) is 8.16. The van der Waals surface area contributed by atoms with Gasteiger partial charge in [-0.05, 0) is 18.2 Å². The number of aromatic amines is 1. The summed E-state index contributed by atoms with van der Waals surface area (Å²) in [5.41, 5.74) is 8.84. The second-order valence-electron chi connectivity index (χ2n) is 8.16. The summed E-state index contributed by atoms with van der Waals surface area (Å²) in [6.07, 6.45) is 4.12. The number of benzene rings is 1. The van der Waals surface area contributed by atoms with Gasteiger partial charge in [-0.15, -0.1) is 0 Å². The molecule has 0 saturated carbocycles. The van der Waals surface area contributed by atoms with E-state index in [1.54, 1.807) is 7.11 Å². The summed E-state index contributed by atoms with van der Waals surface area (Å²) in [4.78, 5) is 15.1. The molecule has 1 unspecified atom stereocenters. The van der Waals surface area contributed by atoms with Gasteiger partial charge in [0, 0.05) is 23.0 Å². The average Bonchev–Trinajstić information content (AvgIpc) is 3.39. The van der Waals surface area contributed by atoms with E-state index in [0.717, 1.165) is 39.6 Å². The fourth-order valence-corrected chi connectivity index (χ4v) is 3.62. The normalized spacial score (nSPS) is 17.9. The van der Waals surface area contributed by atoms with Gasteiger partial charge >= 0.3 is 0 Å². The van der Waals surface area contributed by atoms with Gasteiger partial charge in [-0.3, -0.25) is 5.10 Å². The zero-order valence-corrected chi connectivity index (χ0v) is 16.3. The third-order valence-corrected chi connectivity index (χ3v) is 5.15. The lowest BCUT2D eigenvalue weighted by atomic mass is 9.95. The van der Waals surface area contributed by atoms with Gasteiger partial charge in [0.05, 0.1) is 30.4 Å². The highest BCUT2D eigenvalue weighted by Gasteiger charge is 2.33. The Morgan fingerprint density at radius 3 is 2.89 bits per heavy atom. The van der Waals surface area contributed by atoms with Crippen molar-refractivity contribution in [3.8, 4) is 22.7 Å². The first-order valence-corrected chi connectivity index (χ1v) is 9.23. The molecule has 3 aromatic rings. The number of hydrogen-bond acceptors (Lipinski definition) is 6. The van der Waals surface area contributed by atoms with Crippen LogP contribution in [0.1, 0.15) is 37.7 Å². The van der Waals surface area contributed by atoms with E-state index in [-0.39, 0.29) is 11.6 Å². The van der Waals surface area contributed by atoms with Crippen LogP contribution >= 0.6 is 0 Å². The van der Waals surface area contributed by atoms with Crippen molar-refractivity contribution in [1.82, 2.24) is 25.2 Å². The van der Waals surface area contributed by atoms with Crippen LogP contribution in [0.5, 0.6) is 5.75 Å². The first-order chi connectivity index (χ1) is 13.5. The topological polar surface area (TPSA) is 89.3 Å². The van der Waals surface area contributed by atoms with Crippen LogP contribution in [0.4, 0.5) is 0 Å². The number of H-pyrrole nitrogens is 1. The smallest absolute Gasteiger partial charge is 0.182 e. The highest BCUT2D eigenvalue weighted by Crippen LogP contribution is 2.37. The number of ether oxygens (including phenoxy) is 1. The third kappa shape index (κ3) is 2.52. The summed E-state index contributed by atoms with van der Waals surface area (Å²) in [7, 11) is 1.67. The minimum atomic E-state index is -0.258. The molecule has 0 bridgehead atoms. The molecule has 0 amide bonds. The van der Waals surface area contributed by atoms with Crippen molar-refractivity contribution < 1.29 is 9.57 Å². The first-order valence-electron chi connectivity index (χ1n) is 9.23. The number of hydrogen-bond donors (Lipinski definition) is 2. The number of rotatable bonds is 2. The number of hydroxylamine groups is 1. The highest BCUT2D eigenvalue weighted by atomic mass is 16.7.